The van der Waals surface area contributed by atoms with Crippen molar-refractivity contribution in [2.24, 2.45) is 5.73 Å². The average molecular weight is 342 g/mol. The molecule has 2 aliphatic heterocycles. The molecule has 2 unspecified atom stereocenters. The largest absolute Gasteiger partial charge is 0.379 e. The van der Waals surface area contributed by atoms with Crippen LogP contribution in [0, 0.1) is 0 Å². The quantitative estimate of drug-likeness (QED) is 0.560. The van der Waals surface area contributed by atoms with Gasteiger partial charge in [0.1, 0.15) is 12.5 Å². The van der Waals surface area contributed by atoms with E-state index in [4.69, 9.17) is 5.73 Å². The maximum absolute atomic E-state index is 12.7. The van der Waals surface area contributed by atoms with Crippen LogP contribution in [0.1, 0.15) is 46.0 Å². The predicted octanol–water partition coefficient (Wildman–Crippen LogP) is -0.0580. The molecule has 0 aromatic heterocycles. The molecule has 7 nitrogen and oxygen atoms in total. The Labute approximate surface area is 139 Å². The summed E-state index contributed by atoms with van der Waals surface area (Å²) in [4.78, 5) is 26.4. The first-order valence-electron chi connectivity index (χ1n) is 7.22. The van der Waals surface area contributed by atoms with Gasteiger partial charge in [-0.2, -0.15) is 0 Å². The van der Waals surface area contributed by atoms with Crippen LogP contribution in [0.4, 0.5) is 0 Å². The lowest BCUT2D eigenvalue weighted by Crippen LogP contribution is -2.66. The van der Waals surface area contributed by atoms with Crippen molar-refractivity contribution in [1.29, 1.82) is 0 Å². The molecule has 8 heteroatoms. The van der Waals surface area contributed by atoms with Gasteiger partial charge < -0.3 is 15.9 Å². The fourth-order valence-corrected chi connectivity index (χ4v) is 3.12. The van der Waals surface area contributed by atoms with E-state index in [0.29, 0.717) is 24.0 Å². The van der Waals surface area contributed by atoms with Gasteiger partial charge in [-0.25, -0.2) is 0 Å². The van der Waals surface area contributed by atoms with Crippen LogP contribution in [0.15, 0.2) is 18.2 Å². The second-order valence-corrected chi connectivity index (χ2v) is 6.01. The first-order chi connectivity index (χ1) is 10.4. The number of aliphatic hydroxyl groups excluding tert-OH is 2. The van der Waals surface area contributed by atoms with Crippen molar-refractivity contribution in [2.75, 3.05) is 0 Å². The van der Waals surface area contributed by atoms with Crippen molar-refractivity contribution < 1.29 is 19.8 Å². The van der Waals surface area contributed by atoms with Crippen LogP contribution in [0.2, 0.25) is 0 Å². The summed E-state index contributed by atoms with van der Waals surface area (Å²) in [7, 11) is 0. The van der Waals surface area contributed by atoms with Crippen LogP contribution in [0.25, 0.3) is 0 Å². The number of rotatable bonds is 2. The molecule has 0 aliphatic carbocycles. The molecule has 5 N–H and O–H groups in total. The number of benzene rings is 1. The number of aliphatic hydroxyl groups is 2. The summed E-state index contributed by atoms with van der Waals surface area (Å²) in [6, 6.07) is 4.93. The van der Waals surface area contributed by atoms with Gasteiger partial charge in [0.15, 0.2) is 0 Å². The lowest BCUT2D eigenvalue weighted by Gasteiger charge is -2.45. The smallest absolute Gasteiger partial charge is 0.262 e. The molecular weight excluding hydrogens is 322 g/mol. The molecule has 1 aromatic rings. The molecule has 2 heterocycles. The van der Waals surface area contributed by atoms with Gasteiger partial charge in [-0.1, -0.05) is 6.07 Å². The van der Waals surface area contributed by atoms with Crippen LogP contribution >= 0.6 is 12.4 Å². The lowest BCUT2D eigenvalue weighted by atomic mass is 9.87. The van der Waals surface area contributed by atoms with E-state index in [2.05, 4.69) is 5.32 Å². The maximum atomic E-state index is 12.7. The third-order valence-electron chi connectivity index (χ3n) is 4.56. The zero-order valence-corrected chi connectivity index (χ0v) is 13.5. The van der Waals surface area contributed by atoms with Gasteiger partial charge in [0, 0.05) is 6.54 Å². The first kappa shape index (κ1) is 17.8. The van der Waals surface area contributed by atoms with Gasteiger partial charge in [-0.15, -0.1) is 12.4 Å². The number of fused-ring (bicyclic) bond motifs is 1. The van der Waals surface area contributed by atoms with Crippen LogP contribution in [0.3, 0.4) is 0 Å². The summed E-state index contributed by atoms with van der Waals surface area (Å²) in [6.07, 6.45) is -1.37. The van der Waals surface area contributed by atoms with Crippen molar-refractivity contribution >= 4 is 24.2 Å². The van der Waals surface area contributed by atoms with E-state index in [9.17, 15) is 19.8 Å². The summed E-state index contributed by atoms with van der Waals surface area (Å²) < 4.78 is 0. The molecule has 2 amide bonds. The Morgan fingerprint density at radius 2 is 1.96 bits per heavy atom. The van der Waals surface area contributed by atoms with E-state index < -0.39 is 29.8 Å². The predicted molar refractivity (Wildman–Crippen MR) is 84.9 cm³/mol. The van der Waals surface area contributed by atoms with Crippen LogP contribution < -0.4 is 11.1 Å². The normalized spacial score (nSPS) is 30.2. The SMILES string of the molecule is C[C@]1(N2C(=O)c3ccc(CN)cc3C2=O)CCC(O)NC1O.Cl. The van der Waals surface area contributed by atoms with Crippen LogP contribution in [-0.2, 0) is 6.54 Å². The fourth-order valence-electron chi connectivity index (χ4n) is 3.12. The summed E-state index contributed by atoms with van der Waals surface area (Å²) in [6.45, 7) is 1.92. The number of piperidine rings is 1. The summed E-state index contributed by atoms with van der Waals surface area (Å²) in [5, 5.41) is 22.4. The molecule has 3 rings (SSSR count). The highest BCUT2D eigenvalue weighted by Crippen LogP contribution is 2.36. The van der Waals surface area contributed by atoms with E-state index >= 15 is 0 Å². The van der Waals surface area contributed by atoms with Gasteiger partial charge in [0.05, 0.1) is 16.7 Å². The summed E-state index contributed by atoms with van der Waals surface area (Å²) >= 11 is 0. The van der Waals surface area contributed by atoms with E-state index in [1.165, 1.54) is 0 Å². The molecule has 1 aromatic carbocycles. The minimum Gasteiger partial charge on any atom is -0.379 e. The fraction of sp³-hybridized carbons (Fsp3) is 0.467. The summed E-state index contributed by atoms with van der Waals surface area (Å²) in [5.41, 5.74) is 5.88. The Hall–Kier alpha value is -1.51. The zero-order chi connectivity index (χ0) is 16.1. The maximum Gasteiger partial charge on any atom is 0.262 e. The topological polar surface area (TPSA) is 116 Å². The molecule has 3 atom stereocenters. The molecule has 1 saturated heterocycles. The number of halogens is 1. The van der Waals surface area contributed by atoms with Gasteiger partial charge >= 0.3 is 0 Å². The lowest BCUT2D eigenvalue weighted by molar-refractivity contribution is -0.0827. The van der Waals surface area contributed by atoms with Gasteiger partial charge in [-0.05, 0) is 37.5 Å². The van der Waals surface area contributed by atoms with Crippen molar-refractivity contribution in [3.63, 3.8) is 0 Å². The number of amides is 2. The van der Waals surface area contributed by atoms with Crippen molar-refractivity contribution in [3.05, 3.63) is 34.9 Å². The van der Waals surface area contributed by atoms with Crippen LogP contribution in [0.5, 0.6) is 0 Å². The van der Waals surface area contributed by atoms with Crippen molar-refractivity contribution in [2.45, 2.75) is 44.3 Å². The van der Waals surface area contributed by atoms with Gasteiger partial charge in [0.25, 0.3) is 11.8 Å². The van der Waals surface area contributed by atoms with Gasteiger partial charge in [0.2, 0.25) is 0 Å². The molecule has 23 heavy (non-hydrogen) atoms. The number of hydrogen-bond donors (Lipinski definition) is 4. The number of nitrogens with two attached hydrogens (primary N) is 1. The summed E-state index contributed by atoms with van der Waals surface area (Å²) in [5.74, 6) is -0.863. The van der Waals surface area contributed by atoms with Gasteiger partial charge in [-0.3, -0.25) is 19.8 Å². The van der Waals surface area contributed by atoms with E-state index in [1.807, 2.05) is 0 Å². The Morgan fingerprint density at radius 1 is 1.30 bits per heavy atom. The average Bonchev–Trinajstić information content (AvgIpc) is 2.75. The molecule has 0 spiro atoms. The number of imide groups is 1. The van der Waals surface area contributed by atoms with Crippen molar-refractivity contribution in [3.8, 4) is 0 Å². The molecule has 126 valence electrons. The second kappa shape index (κ2) is 6.18. The van der Waals surface area contributed by atoms with E-state index in [1.54, 1.807) is 25.1 Å². The number of carbonyl (C=O) groups is 2. The molecule has 1 fully saturated rings. The minimum absolute atomic E-state index is 0. The standard InChI is InChI=1S/C15H19N3O4.ClH/c1-15(5-4-11(19)17-14(15)22)18-12(20)9-3-2-8(7-16)6-10(9)13(18)21;/h2-3,6,11,14,17,19,22H,4-5,7,16H2,1H3;1H/t11?,14?,15-;/m0./s1. The van der Waals surface area contributed by atoms with Crippen molar-refractivity contribution in [1.82, 2.24) is 10.2 Å². The molecule has 0 bridgehead atoms. The first-order valence-corrected chi connectivity index (χ1v) is 7.22. The second-order valence-electron chi connectivity index (χ2n) is 6.01. The minimum atomic E-state index is -1.19. The zero-order valence-electron chi connectivity index (χ0n) is 12.7. The highest BCUT2D eigenvalue weighted by molar-refractivity contribution is 6.22. The Balaban J connectivity index is 0.00000192. The number of nitrogens with one attached hydrogen (secondary N) is 1. The van der Waals surface area contributed by atoms with E-state index in [-0.39, 0.29) is 19.0 Å². The molecule has 2 aliphatic rings. The number of nitrogens with zero attached hydrogens (tertiary/aromatic N) is 1. The third-order valence-corrected chi connectivity index (χ3v) is 4.56. The molecular formula is C15H20ClN3O4. The number of hydrogen-bond acceptors (Lipinski definition) is 6. The highest BCUT2D eigenvalue weighted by atomic mass is 35.5. The monoisotopic (exact) mass is 341 g/mol. The molecule has 0 saturated carbocycles. The number of carbonyl (C=O) groups excluding carboxylic acids is 2. The third kappa shape index (κ3) is 2.64. The van der Waals surface area contributed by atoms with E-state index in [0.717, 1.165) is 10.5 Å². The van der Waals surface area contributed by atoms with Crippen LogP contribution in [-0.4, -0.2) is 44.9 Å². The molecule has 0 radical (unpaired) electrons. The highest BCUT2D eigenvalue weighted by Gasteiger charge is 2.52. The Kier molecular flexibility index (Phi) is 4.79. The Morgan fingerprint density at radius 3 is 2.57 bits per heavy atom. The Bertz CT molecular complexity index is 654.